The Balaban J connectivity index is 2.15. The predicted octanol–water partition coefficient (Wildman–Crippen LogP) is -2.69. The average Bonchev–Trinajstić information content (AvgIpc) is 2.59. The zero-order valence-electron chi connectivity index (χ0n) is 6.72. The van der Waals surface area contributed by atoms with Crippen LogP contribution in [-0.2, 0) is 0 Å². The van der Waals surface area contributed by atoms with Gasteiger partial charge in [0.1, 0.15) is 12.2 Å². The highest BCUT2D eigenvalue weighted by atomic mass is 16.3. The second kappa shape index (κ2) is 2.93. The third-order valence-electron chi connectivity index (χ3n) is 2.76. The molecule has 0 aromatic carbocycles. The monoisotopic (exact) mass is 174 g/mol. The molecule has 2 saturated heterocycles. The Bertz CT molecular complexity index is 176. The molecule has 0 aromatic rings. The van der Waals surface area contributed by atoms with Crippen molar-refractivity contribution in [3.63, 3.8) is 0 Å². The van der Waals surface area contributed by atoms with Crippen LogP contribution in [0.15, 0.2) is 0 Å². The first-order valence-electron chi connectivity index (χ1n) is 4.22. The van der Waals surface area contributed by atoms with Gasteiger partial charge in [-0.15, -0.1) is 0 Å². The van der Waals surface area contributed by atoms with Crippen molar-refractivity contribution in [1.82, 2.24) is 10.2 Å². The van der Waals surface area contributed by atoms with E-state index in [0.29, 0.717) is 0 Å². The van der Waals surface area contributed by atoms with Crippen molar-refractivity contribution in [1.29, 1.82) is 0 Å². The molecular weight excluding hydrogens is 160 g/mol. The Morgan fingerprint density at radius 1 is 1.33 bits per heavy atom. The summed E-state index contributed by atoms with van der Waals surface area (Å²) in [6.07, 6.45) is -1.77. The number of rotatable bonds is 1. The van der Waals surface area contributed by atoms with Gasteiger partial charge in [-0.2, -0.15) is 0 Å². The van der Waals surface area contributed by atoms with Gasteiger partial charge < -0.3 is 15.3 Å². The van der Waals surface area contributed by atoms with Gasteiger partial charge in [-0.25, -0.2) is 0 Å². The fraction of sp³-hybridized carbons (Fsp3) is 1.00. The molecule has 0 radical (unpaired) electrons. The third-order valence-corrected chi connectivity index (χ3v) is 2.76. The minimum atomic E-state index is -0.826. The summed E-state index contributed by atoms with van der Waals surface area (Å²) in [6.45, 7) is 1.49. The number of hydrogen-bond donors (Lipinski definition) is 4. The number of hydrogen-bond acceptors (Lipinski definition) is 5. The van der Waals surface area contributed by atoms with Crippen LogP contribution < -0.4 is 5.32 Å². The lowest BCUT2D eigenvalue weighted by molar-refractivity contribution is 0.0140. The molecule has 5 heteroatoms. The van der Waals surface area contributed by atoms with Crippen LogP contribution in [0.3, 0.4) is 0 Å². The van der Waals surface area contributed by atoms with Gasteiger partial charge in [-0.1, -0.05) is 0 Å². The van der Waals surface area contributed by atoms with E-state index in [1.54, 1.807) is 0 Å². The Kier molecular flexibility index (Phi) is 2.05. The quantitative estimate of drug-likeness (QED) is 0.348. The molecule has 0 spiro atoms. The van der Waals surface area contributed by atoms with Crippen LogP contribution in [0.1, 0.15) is 0 Å². The van der Waals surface area contributed by atoms with Crippen molar-refractivity contribution in [2.24, 2.45) is 0 Å². The van der Waals surface area contributed by atoms with E-state index in [1.165, 1.54) is 0 Å². The first-order valence-corrected chi connectivity index (χ1v) is 4.22. The number of fused-ring (bicyclic) bond motifs is 1. The summed E-state index contributed by atoms with van der Waals surface area (Å²) >= 11 is 0. The highest BCUT2D eigenvalue weighted by Gasteiger charge is 2.48. The van der Waals surface area contributed by atoms with E-state index >= 15 is 0 Å². The molecule has 12 heavy (non-hydrogen) atoms. The van der Waals surface area contributed by atoms with Gasteiger partial charge in [0.05, 0.1) is 18.8 Å². The molecule has 4 N–H and O–H groups in total. The molecule has 70 valence electrons. The normalized spacial score (nSPS) is 48.2. The van der Waals surface area contributed by atoms with Crippen LogP contribution in [0.25, 0.3) is 0 Å². The SMILES string of the molecule is OC[C@H]1[C@H](O)[C@@H](O)C2NCCN21. The van der Waals surface area contributed by atoms with Crippen LogP contribution in [0, 0.1) is 0 Å². The molecule has 0 aromatic heterocycles. The van der Waals surface area contributed by atoms with Crippen LogP contribution in [0.4, 0.5) is 0 Å². The van der Waals surface area contributed by atoms with Gasteiger partial charge in [-0.3, -0.25) is 10.2 Å². The number of nitrogens with one attached hydrogen (secondary N) is 1. The lowest BCUT2D eigenvalue weighted by atomic mass is 10.1. The van der Waals surface area contributed by atoms with E-state index in [1.807, 2.05) is 4.90 Å². The van der Waals surface area contributed by atoms with Crippen molar-refractivity contribution >= 4 is 0 Å². The van der Waals surface area contributed by atoms with Gasteiger partial charge >= 0.3 is 0 Å². The van der Waals surface area contributed by atoms with Gasteiger partial charge in [0, 0.05) is 13.1 Å². The Morgan fingerprint density at radius 3 is 2.75 bits per heavy atom. The fourth-order valence-corrected chi connectivity index (χ4v) is 2.11. The maximum atomic E-state index is 9.50. The predicted molar refractivity (Wildman–Crippen MR) is 41.4 cm³/mol. The fourth-order valence-electron chi connectivity index (χ4n) is 2.11. The van der Waals surface area contributed by atoms with Crippen molar-refractivity contribution in [3.8, 4) is 0 Å². The molecule has 2 heterocycles. The molecular formula is C7H14N2O3. The maximum absolute atomic E-state index is 9.50. The molecule has 2 aliphatic heterocycles. The summed E-state index contributed by atoms with van der Waals surface area (Å²) in [7, 11) is 0. The molecule has 1 unspecified atom stereocenters. The molecule has 4 atom stereocenters. The van der Waals surface area contributed by atoms with Crippen LogP contribution in [0.5, 0.6) is 0 Å². The van der Waals surface area contributed by atoms with E-state index in [-0.39, 0.29) is 18.8 Å². The van der Waals surface area contributed by atoms with E-state index < -0.39 is 12.2 Å². The summed E-state index contributed by atoms with van der Waals surface area (Å²) in [5.41, 5.74) is 0. The average molecular weight is 174 g/mol. The maximum Gasteiger partial charge on any atom is 0.110 e. The van der Waals surface area contributed by atoms with Crippen LogP contribution in [-0.4, -0.2) is 64.3 Å². The molecule has 0 bridgehead atoms. The number of nitrogens with zero attached hydrogens (tertiary/aromatic N) is 1. The first kappa shape index (κ1) is 8.40. The van der Waals surface area contributed by atoms with E-state index in [9.17, 15) is 10.2 Å². The van der Waals surface area contributed by atoms with Gasteiger partial charge in [0.2, 0.25) is 0 Å². The second-order valence-electron chi connectivity index (χ2n) is 3.37. The van der Waals surface area contributed by atoms with Crippen LogP contribution in [0.2, 0.25) is 0 Å². The minimum Gasteiger partial charge on any atom is -0.395 e. The minimum absolute atomic E-state index is 0.101. The van der Waals surface area contributed by atoms with Crippen molar-refractivity contribution in [2.45, 2.75) is 24.4 Å². The largest absolute Gasteiger partial charge is 0.395 e. The van der Waals surface area contributed by atoms with Crippen LogP contribution >= 0.6 is 0 Å². The van der Waals surface area contributed by atoms with Crippen molar-refractivity contribution < 1.29 is 15.3 Å². The molecule has 0 saturated carbocycles. The molecule has 0 aliphatic carbocycles. The van der Waals surface area contributed by atoms with Gasteiger partial charge in [-0.05, 0) is 0 Å². The summed E-state index contributed by atoms with van der Waals surface area (Å²) in [4.78, 5) is 1.91. The Hall–Kier alpha value is -0.200. The summed E-state index contributed by atoms with van der Waals surface area (Å²) in [5.74, 6) is 0. The molecule has 2 rings (SSSR count). The molecule has 5 nitrogen and oxygen atoms in total. The smallest absolute Gasteiger partial charge is 0.110 e. The summed E-state index contributed by atoms with van der Waals surface area (Å²) in [6, 6.07) is -0.306. The zero-order valence-corrected chi connectivity index (χ0v) is 6.72. The lowest BCUT2D eigenvalue weighted by Gasteiger charge is -2.21. The van der Waals surface area contributed by atoms with E-state index in [0.717, 1.165) is 13.1 Å². The van der Waals surface area contributed by atoms with E-state index in [2.05, 4.69) is 5.32 Å². The number of aliphatic hydroxyl groups excluding tert-OH is 3. The first-order chi connectivity index (χ1) is 5.75. The van der Waals surface area contributed by atoms with Gasteiger partial charge in [0.25, 0.3) is 0 Å². The molecule has 0 amide bonds. The summed E-state index contributed by atoms with van der Waals surface area (Å²) < 4.78 is 0. The topological polar surface area (TPSA) is 76.0 Å². The third kappa shape index (κ3) is 0.982. The standard InChI is InChI=1S/C7H14N2O3/c10-3-4-5(11)6(12)7-8-1-2-9(4)7/h4-8,10-12H,1-3H2/t4-,5-,6+,7?/m0/s1. The Labute approximate surface area is 70.6 Å². The number of aliphatic hydroxyl groups is 3. The summed E-state index contributed by atoms with van der Waals surface area (Å²) in [5, 5.41) is 31.0. The molecule has 2 aliphatic rings. The lowest BCUT2D eigenvalue weighted by Crippen LogP contribution is -2.40. The highest BCUT2D eigenvalue weighted by molar-refractivity contribution is 5.02. The molecule has 2 fully saturated rings. The van der Waals surface area contributed by atoms with E-state index in [4.69, 9.17) is 5.11 Å². The second-order valence-corrected chi connectivity index (χ2v) is 3.37. The van der Waals surface area contributed by atoms with Crippen molar-refractivity contribution in [2.75, 3.05) is 19.7 Å². The highest BCUT2D eigenvalue weighted by Crippen LogP contribution is 2.25. The Morgan fingerprint density at radius 2 is 2.08 bits per heavy atom. The van der Waals surface area contributed by atoms with Crippen molar-refractivity contribution in [3.05, 3.63) is 0 Å². The zero-order chi connectivity index (χ0) is 8.72. The van der Waals surface area contributed by atoms with Gasteiger partial charge in [0.15, 0.2) is 0 Å².